The van der Waals surface area contributed by atoms with Crippen LogP contribution < -0.4 is 5.56 Å². The highest BCUT2D eigenvalue weighted by Crippen LogP contribution is 2.08. The third-order valence-electron chi connectivity index (χ3n) is 2.87. The Morgan fingerprint density at radius 3 is 2.94 bits per heavy atom. The van der Waals surface area contributed by atoms with E-state index in [0.29, 0.717) is 31.3 Å². The van der Waals surface area contributed by atoms with E-state index < -0.39 is 0 Å². The van der Waals surface area contributed by atoms with E-state index in [0.717, 1.165) is 0 Å². The van der Waals surface area contributed by atoms with Gasteiger partial charge in [-0.1, -0.05) is 0 Å². The van der Waals surface area contributed by atoms with Crippen molar-refractivity contribution in [3.05, 3.63) is 33.7 Å². The standard InChI is InChI=1S/C11H11N3O3S/c15-9(13-1-4-17-5-2-13)8-7-12-11-14(10(8)16)3-6-18-11/h3,6-7H,1-2,4-5H2. The molecule has 94 valence electrons. The predicted octanol–water partition coefficient (Wildman–Crippen LogP) is 0.228. The maximum atomic E-state index is 12.2. The Labute approximate surface area is 106 Å². The van der Waals surface area contributed by atoms with E-state index in [4.69, 9.17) is 4.74 Å². The van der Waals surface area contributed by atoms with E-state index in [1.165, 1.54) is 21.9 Å². The topological polar surface area (TPSA) is 63.9 Å². The molecule has 1 fully saturated rings. The molecular weight excluding hydrogens is 254 g/mol. The average Bonchev–Trinajstić information content (AvgIpc) is 2.89. The summed E-state index contributed by atoms with van der Waals surface area (Å²) in [6.07, 6.45) is 3.00. The molecule has 0 atom stereocenters. The lowest BCUT2D eigenvalue weighted by molar-refractivity contribution is 0.0301. The summed E-state index contributed by atoms with van der Waals surface area (Å²) in [5.74, 6) is -0.267. The van der Waals surface area contributed by atoms with E-state index in [2.05, 4.69) is 4.98 Å². The van der Waals surface area contributed by atoms with Gasteiger partial charge < -0.3 is 9.64 Å². The summed E-state index contributed by atoms with van der Waals surface area (Å²) in [5.41, 5.74) is -0.189. The molecular formula is C11H11N3O3S. The molecule has 0 bridgehead atoms. The zero-order chi connectivity index (χ0) is 12.5. The SMILES string of the molecule is O=C(c1cnc2sccn2c1=O)N1CCOCC1. The Morgan fingerprint density at radius 1 is 1.39 bits per heavy atom. The molecule has 0 unspecified atom stereocenters. The summed E-state index contributed by atoms with van der Waals surface area (Å²) in [6, 6.07) is 0. The van der Waals surface area contributed by atoms with Gasteiger partial charge in [-0.3, -0.25) is 14.0 Å². The number of ether oxygens (including phenoxy) is 1. The molecule has 1 amide bonds. The third kappa shape index (κ3) is 1.81. The smallest absolute Gasteiger partial charge is 0.271 e. The first-order valence-electron chi connectivity index (χ1n) is 5.59. The van der Waals surface area contributed by atoms with E-state index in [-0.39, 0.29) is 17.0 Å². The van der Waals surface area contributed by atoms with Gasteiger partial charge in [0.15, 0.2) is 4.96 Å². The normalized spacial score (nSPS) is 16.1. The Balaban J connectivity index is 2.00. The molecule has 0 radical (unpaired) electrons. The van der Waals surface area contributed by atoms with Crippen molar-refractivity contribution in [1.82, 2.24) is 14.3 Å². The molecule has 6 nitrogen and oxygen atoms in total. The minimum absolute atomic E-state index is 0.118. The summed E-state index contributed by atoms with van der Waals surface area (Å²) in [6.45, 7) is 2.07. The quantitative estimate of drug-likeness (QED) is 0.740. The summed E-state index contributed by atoms with van der Waals surface area (Å²) >= 11 is 1.36. The number of morpholine rings is 1. The van der Waals surface area contributed by atoms with Crippen LogP contribution in [0.2, 0.25) is 0 Å². The first kappa shape index (κ1) is 11.4. The summed E-state index contributed by atoms with van der Waals surface area (Å²) in [5, 5.41) is 1.77. The van der Waals surface area contributed by atoms with Crippen molar-refractivity contribution in [2.45, 2.75) is 0 Å². The number of nitrogens with zero attached hydrogens (tertiary/aromatic N) is 3. The van der Waals surface area contributed by atoms with Crippen LogP contribution in [0.1, 0.15) is 10.4 Å². The summed E-state index contributed by atoms with van der Waals surface area (Å²) < 4.78 is 6.58. The van der Waals surface area contributed by atoms with Crippen molar-refractivity contribution in [1.29, 1.82) is 0 Å². The number of amides is 1. The van der Waals surface area contributed by atoms with Crippen molar-refractivity contribution < 1.29 is 9.53 Å². The molecule has 7 heteroatoms. The van der Waals surface area contributed by atoms with Crippen LogP contribution in [-0.4, -0.2) is 46.5 Å². The maximum Gasteiger partial charge on any atom is 0.271 e. The summed E-state index contributed by atoms with van der Waals surface area (Å²) in [4.78, 5) is 30.7. The number of thiazole rings is 1. The van der Waals surface area contributed by atoms with Gasteiger partial charge in [0.2, 0.25) is 0 Å². The monoisotopic (exact) mass is 265 g/mol. The van der Waals surface area contributed by atoms with Crippen LogP contribution in [-0.2, 0) is 4.74 Å². The zero-order valence-electron chi connectivity index (χ0n) is 9.54. The highest BCUT2D eigenvalue weighted by atomic mass is 32.1. The van der Waals surface area contributed by atoms with Crippen LogP contribution in [0.5, 0.6) is 0 Å². The Bertz CT molecular complexity index is 642. The van der Waals surface area contributed by atoms with Gasteiger partial charge in [-0.2, -0.15) is 0 Å². The number of hydrogen-bond donors (Lipinski definition) is 0. The van der Waals surface area contributed by atoms with Gasteiger partial charge >= 0.3 is 0 Å². The Kier molecular flexibility index (Phi) is 2.85. The van der Waals surface area contributed by atoms with Gasteiger partial charge in [-0.05, 0) is 0 Å². The molecule has 0 aliphatic carbocycles. The number of aromatic nitrogens is 2. The molecule has 1 aliphatic heterocycles. The molecule has 2 aromatic rings. The fraction of sp³-hybridized carbons (Fsp3) is 0.364. The number of rotatable bonds is 1. The summed E-state index contributed by atoms with van der Waals surface area (Å²) in [7, 11) is 0. The van der Waals surface area contributed by atoms with Crippen molar-refractivity contribution in [3.8, 4) is 0 Å². The molecule has 0 aromatic carbocycles. The molecule has 0 N–H and O–H groups in total. The van der Waals surface area contributed by atoms with Crippen molar-refractivity contribution in [3.63, 3.8) is 0 Å². The van der Waals surface area contributed by atoms with Crippen LogP contribution in [0, 0.1) is 0 Å². The van der Waals surface area contributed by atoms with Crippen molar-refractivity contribution in [2.24, 2.45) is 0 Å². The number of fused-ring (bicyclic) bond motifs is 1. The molecule has 2 aromatic heterocycles. The van der Waals surface area contributed by atoms with Crippen LogP contribution in [0.25, 0.3) is 4.96 Å². The number of hydrogen-bond acceptors (Lipinski definition) is 5. The highest BCUT2D eigenvalue weighted by molar-refractivity contribution is 7.15. The first-order chi connectivity index (χ1) is 8.77. The van der Waals surface area contributed by atoms with Crippen LogP contribution in [0.15, 0.2) is 22.6 Å². The third-order valence-corrected chi connectivity index (χ3v) is 3.64. The lowest BCUT2D eigenvalue weighted by atomic mass is 10.2. The van der Waals surface area contributed by atoms with Gasteiger partial charge in [-0.15, -0.1) is 11.3 Å². The first-order valence-corrected chi connectivity index (χ1v) is 6.47. The predicted molar refractivity (Wildman–Crippen MR) is 66.1 cm³/mol. The second kappa shape index (κ2) is 4.51. The molecule has 0 spiro atoms. The minimum atomic E-state index is -0.308. The van der Waals surface area contributed by atoms with Crippen molar-refractivity contribution in [2.75, 3.05) is 26.3 Å². The van der Waals surface area contributed by atoms with E-state index in [1.54, 1.807) is 16.5 Å². The molecule has 3 heterocycles. The lowest BCUT2D eigenvalue weighted by Gasteiger charge is -2.26. The average molecular weight is 265 g/mol. The molecule has 18 heavy (non-hydrogen) atoms. The van der Waals surface area contributed by atoms with Crippen LogP contribution in [0.4, 0.5) is 0 Å². The highest BCUT2D eigenvalue weighted by Gasteiger charge is 2.22. The van der Waals surface area contributed by atoms with Gasteiger partial charge in [0.1, 0.15) is 5.56 Å². The van der Waals surface area contributed by atoms with Gasteiger partial charge in [0.05, 0.1) is 13.2 Å². The molecule has 1 aliphatic rings. The largest absolute Gasteiger partial charge is 0.378 e. The van der Waals surface area contributed by atoms with Gasteiger partial charge in [0.25, 0.3) is 11.5 Å². The van der Waals surface area contributed by atoms with Crippen molar-refractivity contribution >= 4 is 22.2 Å². The number of carbonyl (C=O) groups is 1. The fourth-order valence-corrected chi connectivity index (χ4v) is 2.58. The van der Waals surface area contributed by atoms with Gasteiger partial charge in [0, 0.05) is 30.9 Å². The second-order valence-corrected chi connectivity index (χ2v) is 4.81. The van der Waals surface area contributed by atoms with E-state index in [9.17, 15) is 9.59 Å². The number of carbonyl (C=O) groups excluding carboxylic acids is 1. The zero-order valence-corrected chi connectivity index (χ0v) is 10.4. The molecule has 0 saturated carbocycles. The van der Waals surface area contributed by atoms with E-state index in [1.807, 2.05) is 0 Å². The fourth-order valence-electron chi connectivity index (χ4n) is 1.91. The molecule has 3 rings (SSSR count). The second-order valence-electron chi connectivity index (χ2n) is 3.94. The maximum absolute atomic E-state index is 12.2. The molecule has 1 saturated heterocycles. The Morgan fingerprint density at radius 2 is 2.17 bits per heavy atom. The van der Waals surface area contributed by atoms with E-state index >= 15 is 0 Å². The minimum Gasteiger partial charge on any atom is -0.378 e. The van der Waals surface area contributed by atoms with Crippen LogP contribution in [0.3, 0.4) is 0 Å². The van der Waals surface area contributed by atoms with Gasteiger partial charge in [-0.25, -0.2) is 4.98 Å². The lowest BCUT2D eigenvalue weighted by Crippen LogP contribution is -2.42. The Hall–Kier alpha value is -1.73. The van der Waals surface area contributed by atoms with Crippen LogP contribution >= 0.6 is 11.3 Å².